The molecule has 3 rings (SSSR count). The monoisotopic (exact) mass is 334 g/mol. The van der Waals surface area contributed by atoms with E-state index in [4.69, 9.17) is 4.42 Å². The maximum absolute atomic E-state index is 12.3. The van der Waals surface area contributed by atoms with Crippen molar-refractivity contribution in [2.24, 2.45) is 5.41 Å². The minimum atomic E-state index is -0.850. The molecule has 0 spiro atoms. The highest BCUT2D eigenvalue weighted by Gasteiger charge is 2.42. The van der Waals surface area contributed by atoms with Crippen molar-refractivity contribution in [1.82, 2.24) is 9.88 Å². The lowest BCUT2D eigenvalue weighted by Crippen LogP contribution is -2.35. The fraction of sp³-hybridized carbons (Fsp3) is 0.438. The molecular formula is C16H18N2O4S. The summed E-state index contributed by atoms with van der Waals surface area (Å²) < 4.78 is 5.53. The number of amides is 1. The third-order valence-electron chi connectivity index (χ3n) is 4.18. The van der Waals surface area contributed by atoms with Crippen LogP contribution in [0.3, 0.4) is 0 Å². The van der Waals surface area contributed by atoms with E-state index in [0.29, 0.717) is 24.4 Å². The van der Waals surface area contributed by atoms with Crippen molar-refractivity contribution in [2.75, 3.05) is 13.1 Å². The van der Waals surface area contributed by atoms with E-state index in [9.17, 15) is 14.7 Å². The molecule has 122 valence electrons. The third kappa shape index (κ3) is 3.14. The molecule has 0 aromatic carbocycles. The summed E-state index contributed by atoms with van der Waals surface area (Å²) in [5, 5.41) is 11.8. The smallest absolute Gasteiger partial charge is 0.311 e. The predicted octanol–water partition coefficient (Wildman–Crippen LogP) is 2.58. The third-order valence-corrected chi connectivity index (χ3v) is 5.08. The fourth-order valence-corrected chi connectivity index (χ4v) is 3.45. The Kier molecular flexibility index (Phi) is 3.97. The molecular weight excluding hydrogens is 316 g/mol. The van der Waals surface area contributed by atoms with Crippen LogP contribution in [0, 0.1) is 12.3 Å². The van der Waals surface area contributed by atoms with Gasteiger partial charge >= 0.3 is 5.97 Å². The van der Waals surface area contributed by atoms with Crippen LogP contribution in [-0.2, 0) is 16.0 Å². The molecule has 1 fully saturated rings. The first-order valence-electron chi connectivity index (χ1n) is 7.40. The van der Waals surface area contributed by atoms with Gasteiger partial charge in [0.25, 0.3) is 0 Å². The van der Waals surface area contributed by atoms with Crippen molar-refractivity contribution in [3.05, 3.63) is 29.0 Å². The standard InChI is InChI=1S/C16H18N2O4S/c1-10-3-4-12(22-10)14-17-11(8-23-14)7-13(19)18-6-5-16(2,9-18)15(20)21/h3-4,8H,5-7,9H2,1-2H3,(H,20,21). The normalized spacial score (nSPS) is 20.9. The number of hydrogen-bond donors (Lipinski definition) is 1. The van der Waals surface area contributed by atoms with Gasteiger partial charge in [0.2, 0.25) is 5.91 Å². The van der Waals surface area contributed by atoms with Gasteiger partial charge in [-0.2, -0.15) is 0 Å². The van der Waals surface area contributed by atoms with E-state index in [1.165, 1.54) is 11.3 Å². The lowest BCUT2D eigenvalue weighted by molar-refractivity contribution is -0.147. The van der Waals surface area contributed by atoms with Crippen molar-refractivity contribution < 1.29 is 19.1 Å². The second kappa shape index (κ2) is 5.81. The minimum absolute atomic E-state index is 0.0811. The SMILES string of the molecule is Cc1ccc(-c2nc(CC(=O)N3CCC(C)(C(=O)O)C3)cs2)o1. The summed E-state index contributed by atoms with van der Waals surface area (Å²) in [4.78, 5) is 29.7. The van der Waals surface area contributed by atoms with Gasteiger partial charge in [0.05, 0.1) is 17.5 Å². The average molecular weight is 334 g/mol. The van der Waals surface area contributed by atoms with Crippen LogP contribution in [0.5, 0.6) is 0 Å². The number of aromatic nitrogens is 1. The highest BCUT2D eigenvalue weighted by molar-refractivity contribution is 7.13. The first-order chi connectivity index (χ1) is 10.9. The number of likely N-dealkylation sites (tertiary alicyclic amines) is 1. The molecule has 1 unspecified atom stereocenters. The number of furan rings is 1. The maximum Gasteiger partial charge on any atom is 0.311 e. The predicted molar refractivity (Wildman–Crippen MR) is 85.2 cm³/mol. The molecule has 1 amide bonds. The lowest BCUT2D eigenvalue weighted by Gasteiger charge is -2.19. The Balaban J connectivity index is 1.65. The van der Waals surface area contributed by atoms with Gasteiger partial charge in [0, 0.05) is 18.5 Å². The molecule has 0 aliphatic carbocycles. The van der Waals surface area contributed by atoms with E-state index in [2.05, 4.69) is 4.98 Å². The van der Waals surface area contributed by atoms with Crippen molar-refractivity contribution >= 4 is 23.2 Å². The van der Waals surface area contributed by atoms with Crippen LogP contribution >= 0.6 is 11.3 Å². The molecule has 7 heteroatoms. The molecule has 3 heterocycles. The summed E-state index contributed by atoms with van der Waals surface area (Å²) in [7, 11) is 0. The summed E-state index contributed by atoms with van der Waals surface area (Å²) in [6.45, 7) is 4.29. The maximum atomic E-state index is 12.3. The van der Waals surface area contributed by atoms with E-state index >= 15 is 0 Å². The van der Waals surface area contributed by atoms with Gasteiger partial charge in [0.1, 0.15) is 5.76 Å². The van der Waals surface area contributed by atoms with E-state index in [1.807, 2.05) is 24.4 Å². The van der Waals surface area contributed by atoms with Crippen molar-refractivity contribution in [3.63, 3.8) is 0 Å². The topological polar surface area (TPSA) is 83.6 Å². The molecule has 23 heavy (non-hydrogen) atoms. The molecule has 2 aromatic rings. The zero-order chi connectivity index (χ0) is 16.6. The molecule has 0 bridgehead atoms. The summed E-state index contributed by atoms with van der Waals surface area (Å²) in [6.07, 6.45) is 0.675. The zero-order valence-corrected chi connectivity index (χ0v) is 13.9. The van der Waals surface area contributed by atoms with Crippen LogP contribution in [0.4, 0.5) is 0 Å². The van der Waals surface area contributed by atoms with E-state index in [0.717, 1.165) is 10.8 Å². The number of aryl methyl sites for hydroxylation is 1. The molecule has 0 radical (unpaired) electrons. The van der Waals surface area contributed by atoms with Gasteiger partial charge in [0.15, 0.2) is 10.8 Å². The second-order valence-corrected chi connectivity index (χ2v) is 7.02. The van der Waals surface area contributed by atoms with Crippen LogP contribution in [0.15, 0.2) is 21.9 Å². The molecule has 1 aliphatic rings. The molecule has 2 aromatic heterocycles. The van der Waals surface area contributed by atoms with Crippen molar-refractivity contribution in [2.45, 2.75) is 26.7 Å². The molecule has 1 aliphatic heterocycles. The van der Waals surface area contributed by atoms with Crippen LogP contribution in [0.2, 0.25) is 0 Å². The average Bonchev–Trinajstić information content (AvgIpc) is 3.19. The van der Waals surface area contributed by atoms with Gasteiger partial charge in [-0.25, -0.2) is 4.98 Å². The number of carboxylic acids is 1. The van der Waals surface area contributed by atoms with Crippen molar-refractivity contribution in [3.8, 4) is 10.8 Å². The number of rotatable bonds is 4. The number of carbonyl (C=O) groups is 2. The Morgan fingerprint density at radius 3 is 2.87 bits per heavy atom. The molecule has 1 N–H and O–H groups in total. The van der Waals surface area contributed by atoms with Crippen LogP contribution in [0.1, 0.15) is 24.8 Å². The number of thiazole rings is 1. The number of carbonyl (C=O) groups excluding carboxylic acids is 1. The second-order valence-electron chi connectivity index (χ2n) is 6.16. The molecule has 6 nitrogen and oxygen atoms in total. The Morgan fingerprint density at radius 1 is 1.48 bits per heavy atom. The van der Waals surface area contributed by atoms with Gasteiger partial charge < -0.3 is 14.4 Å². The summed E-state index contributed by atoms with van der Waals surface area (Å²) >= 11 is 1.44. The number of hydrogen-bond acceptors (Lipinski definition) is 5. The highest BCUT2D eigenvalue weighted by Crippen LogP contribution is 2.31. The summed E-state index contributed by atoms with van der Waals surface area (Å²) in [5.41, 5.74) is -0.151. The summed E-state index contributed by atoms with van der Waals surface area (Å²) in [5.74, 6) is 0.586. The van der Waals surface area contributed by atoms with Gasteiger partial charge in [-0.05, 0) is 32.4 Å². The van der Waals surface area contributed by atoms with Gasteiger partial charge in [-0.15, -0.1) is 11.3 Å². The fourth-order valence-electron chi connectivity index (χ4n) is 2.67. The molecule has 1 saturated heterocycles. The van der Waals surface area contributed by atoms with Gasteiger partial charge in [-0.3, -0.25) is 9.59 Å². The Hall–Kier alpha value is -2.15. The zero-order valence-electron chi connectivity index (χ0n) is 13.0. The number of carboxylic acid groups (broad SMARTS) is 1. The van der Waals surface area contributed by atoms with E-state index < -0.39 is 11.4 Å². The minimum Gasteiger partial charge on any atom is -0.481 e. The first kappa shape index (κ1) is 15.7. The Morgan fingerprint density at radius 2 is 2.26 bits per heavy atom. The largest absolute Gasteiger partial charge is 0.481 e. The summed E-state index contributed by atoms with van der Waals surface area (Å²) in [6, 6.07) is 3.73. The van der Waals surface area contributed by atoms with Gasteiger partial charge in [-0.1, -0.05) is 0 Å². The van der Waals surface area contributed by atoms with E-state index in [-0.39, 0.29) is 18.9 Å². The Bertz CT molecular complexity index is 751. The number of aliphatic carboxylic acids is 1. The van der Waals surface area contributed by atoms with Crippen molar-refractivity contribution in [1.29, 1.82) is 0 Å². The molecule has 1 atom stereocenters. The highest BCUT2D eigenvalue weighted by atomic mass is 32.1. The van der Waals surface area contributed by atoms with E-state index in [1.54, 1.807) is 11.8 Å². The lowest BCUT2D eigenvalue weighted by atomic mass is 9.90. The Labute approximate surface area is 137 Å². The number of nitrogens with zero attached hydrogens (tertiary/aromatic N) is 2. The first-order valence-corrected chi connectivity index (χ1v) is 8.28. The molecule has 0 saturated carbocycles. The van der Waals surface area contributed by atoms with Crippen LogP contribution < -0.4 is 0 Å². The van der Waals surface area contributed by atoms with Crippen LogP contribution in [0.25, 0.3) is 10.8 Å². The van der Waals surface area contributed by atoms with Crippen LogP contribution in [-0.4, -0.2) is 40.0 Å². The quantitative estimate of drug-likeness (QED) is 0.929.